The highest BCUT2D eigenvalue weighted by Crippen LogP contribution is 2.26. The Kier molecular flexibility index (Phi) is 5.13. The molecule has 100 valence electrons. The second-order valence-corrected chi connectivity index (χ2v) is 5.44. The molecule has 1 fully saturated rings. The van der Waals surface area contributed by atoms with Crippen molar-refractivity contribution in [3.05, 3.63) is 28.2 Å². The molecule has 0 aliphatic carbocycles. The number of likely N-dealkylation sites (tertiary alicyclic amines) is 1. The standard InChI is InChI=1S/C13H18Cl2N2O/c14-12-3-2-11(8-13(12)15)18-7-1-5-17-6-4-10(16)9-17/h2-3,8,10H,1,4-7,9,16H2. The summed E-state index contributed by atoms with van der Waals surface area (Å²) in [4.78, 5) is 2.38. The largest absolute Gasteiger partial charge is 0.493 e. The molecule has 2 N–H and O–H groups in total. The molecule has 0 radical (unpaired) electrons. The average molecular weight is 289 g/mol. The molecule has 1 atom stereocenters. The third kappa shape index (κ3) is 4.02. The SMILES string of the molecule is NC1CCN(CCCOc2ccc(Cl)c(Cl)c2)C1. The lowest BCUT2D eigenvalue weighted by Crippen LogP contribution is -2.28. The Bertz CT molecular complexity index is 401. The molecule has 0 spiro atoms. The smallest absolute Gasteiger partial charge is 0.120 e. The van der Waals surface area contributed by atoms with Gasteiger partial charge in [-0.05, 0) is 31.5 Å². The first-order chi connectivity index (χ1) is 8.65. The maximum absolute atomic E-state index is 5.91. The van der Waals surface area contributed by atoms with E-state index in [1.807, 2.05) is 6.07 Å². The molecular formula is C13H18Cl2N2O. The van der Waals surface area contributed by atoms with Crippen LogP contribution in [0, 0.1) is 0 Å². The first kappa shape index (κ1) is 13.9. The van der Waals surface area contributed by atoms with Crippen LogP contribution in [0.1, 0.15) is 12.8 Å². The van der Waals surface area contributed by atoms with Gasteiger partial charge in [0.05, 0.1) is 16.7 Å². The lowest BCUT2D eigenvalue weighted by molar-refractivity contribution is 0.262. The van der Waals surface area contributed by atoms with Gasteiger partial charge in [0.1, 0.15) is 5.75 Å². The molecule has 1 aromatic rings. The Balaban J connectivity index is 1.67. The Morgan fingerprint density at radius 3 is 2.83 bits per heavy atom. The van der Waals surface area contributed by atoms with Gasteiger partial charge in [0.15, 0.2) is 0 Å². The number of nitrogens with two attached hydrogens (primary N) is 1. The van der Waals surface area contributed by atoms with Gasteiger partial charge >= 0.3 is 0 Å². The van der Waals surface area contributed by atoms with Crippen LogP contribution in [0.3, 0.4) is 0 Å². The van der Waals surface area contributed by atoms with Crippen molar-refractivity contribution in [1.29, 1.82) is 0 Å². The fraction of sp³-hybridized carbons (Fsp3) is 0.538. The number of nitrogens with zero attached hydrogens (tertiary/aromatic N) is 1. The lowest BCUT2D eigenvalue weighted by atomic mass is 10.3. The highest BCUT2D eigenvalue weighted by atomic mass is 35.5. The van der Waals surface area contributed by atoms with E-state index in [0.717, 1.165) is 38.2 Å². The van der Waals surface area contributed by atoms with Gasteiger partial charge in [-0.15, -0.1) is 0 Å². The molecule has 0 amide bonds. The predicted molar refractivity (Wildman–Crippen MR) is 75.6 cm³/mol. The van der Waals surface area contributed by atoms with E-state index in [9.17, 15) is 0 Å². The van der Waals surface area contributed by atoms with Gasteiger partial charge in [0.25, 0.3) is 0 Å². The molecule has 1 saturated heterocycles. The summed E-state index contributed by atoms with van der Waals surface area (Å²) in [5.41, 5.74) is 5.85. The van der Waals surface area contributed by atoms with E-state index in [0.29, 0.717) is 22.7 Å². The van der Waals surface area contributed by atoms with Gasteiger partial charge < -0.3 is 15.4 Å². The third-order valence-corrected chi connectivity index (χ3v) is 3.83. The molecule has 1 unspecified atom stereocenters. The van der Waals surface area contributed by atoms with E-state index in [2.05, 4.69) is 4.90 Å². The zero-order valence-corrected chi connectivity index (χ0v) is 11.8. The summed E-state index contributed by atoms with van der Waals surface area (Å²) in [6.45, 7) is 3.83. The quantitative estimate of drug-likeness (QED) is 0.847. The molecule has 0 saturated carbocycles. The van der Waals surface area contributed by atoms with Crippen molar-refractivity contribution in [3.8, 4) is 5.75 Å². The fourth-order valence-electron chi connectivity index (χ4n) is 2.11. The van der Waals surface area contributed by atoms with E-state index in [-0.39, 0.29) is 0 Å². The summed E-state index contributed by atoms with van der Waals surface area (Å²) in [5, 5.41) is 1.08. The Labute approximate surface area is 118 Å². The molecule has 0 aromatic heterocycles. The third-order valence-electron chi connectivity index (χ3n) is 3.09. The number of benzene rings is 1. The second kappa shape index (κ2) is 6.62. The first-order valence-electron chi connectivity index (χ1n) is 6.21. The van der Waals surface area contributed by atoms with E-state index in [1.165, 1.54) is 0 Å². The van der Waals surface area contributed by atoms with Crippen LogP contribution in [-0.4, -0.2) is 37.2 Å². The predicted octanol–water partition coefficient (Wildman–Crippen LogP) is 2.80. The van der Waals surface area contributed by atoms with Crippen molar-refractivity contribution in [1.82, 2.24) is 4.90 Å². The van der Waals surface area contributed by atoms with Crippen molar-refractivity contribution in [2.24, 2.45) is 5.73 Å². The van der Waals surface area contributed by atoms with Gasteiger partial charge in [-0.25, -0.2) is 0 Å². The van der Waals surface area contributed by atoms with Crippen LogP contribution in [0.2, 0.25) is 10.0 Å². The molecule has 2 rings (SSSR count). The van der Waals surface area contributed by atoms with Crippen LogP contribution in [-0.2, 0) is 0 Å². The van der Waals surface area contributed by atoms with Gasteiger partial charge in [-0.3, -0.25) is 0 Å². The molecule has 1 heterocycles. The van der Waals surface area contributed by atoms with Crippen LogP contribution >= 0.6 is 23.2 Å². The molecule has 5 heteroatoms. The number of ether oxygens (including phenoxy) is 1. The maximum Gasteiger partial charge on any atom is 0.120 e. The highest BCUT2D eigenvalue weighted by Gasteiger charge is 2.17. The summed E-state index contributed by atoms with van der Waals surface area (Å²) >= 11 is 11.7. The van der Waals surface area contributed by atoms with E-state index in [1.54, 1.807) is 12.1 Å². The summed E-state index contributed by atoms with van der Waals surface area (Å²) in [5.74, 6) is 0.766. The zero-order valence-electron chi connectivity index (χ0n) is 10.2. The van der Waals surface area contributed by atoms with Crippen molar-refractivity contribution in [2.45, 2.75) is 18.9 Å². The molecule has 3 nitrogen and oxygen atoms in total. The summed E-state index contributed by atoms with van der Waals surface area (Å²) in [6.07, 6.45) is 2.10. The number of halogens is 2. The molecule has 1 aliphatic rings. The second-order valence-electron chi connectivity index (χ2n) is 4.63. The fourth-order valence-corrected chi connectivity index (χ4v) is 2.40. The van der Waals surface area contributed by atoms with E-state index in [4.69, 9.17) is 33.7 Å². The number of hydrogen-bond donors (Lipinski definition) is 1. The van der Waals surface area contributed by atoms with Gasteiger partial charge in [-0.2, -0.15) is 0 Å². The zero-order chi connectivity index (χ0) is 13.0. The van der Waals surface area contributed by atoms with Crippen LogP contribution in [0.4, 0.5) is 0 Å². The topological polar surface area (TPSA) is 38.5 Å². The van der Waals surface area contributed by atoms with Gasteiger partial charge in [0.2, 0.25) is 0 Å². The Hall–Kier alpha value is -0.480. The summed E-state index contributed by atoms with van der Waals surface area (Å²) in [7, 11) is 0. The van der Waals surface area contributed by atoms with E-state index >= 15 is 0 Å². The van der Waals surface area contributed by atoms with Crippen LogP contribution in [0.25, 0.3) is 0 Å². The van der Waals surface area contributed by atoms with Gasteiger partial charge in [-0.1, -0.05) is 23.2 Å². The van der Waals surface area contributed by atoms with Crippen LogP contribution in [0.15, 0.2) is 18.2 Å². The maximum atomic E-state index is 5.91. The van der Waals surface area contributed by atoms with Crippen LogP contribution in [0.5, 0.6) is 5.75 Å². The minimum absolute atomic E-state index is 0.348. The minimum Gasteiger partial charge on any atom is -0.493 e. The molecular weight excluding hydrogens is 271 g/mol. The molecule has 1 aromatic carbocycles. The molecule has 1 aliphatic heterocycles. The molecule has 18 heavy (non-hydrogen) atoms. The summed E-state index contributed by atoms with van der Waals surface area (Å²) in [6, 6.07) is 5.68. The van der Waals surface area contributed by atoms with Gasteiger partial charge in [0, 0.05) is 25.2 Å². The van der Waals surface area contributed by atoms with Crippen LogP contribution < -0.4 is 10.5 Å². The van der Waals surface area contributed by atoms with Crippen molar-refractivity contribution in [3.63, 3.8) is 0 Å². The normalized spacial score (nSPS) is 20.3. The monoisotopic (exact) mass is 288 g/mol. The first-order valence-corrected chi connectivity index (χ1v) is 6.96. The van der Waals surface area contributed by atoms with E-state index < -0.39 is 0 Å². The Morgan fingerprint density at radius 1 is 1.33 bits per heavy atom. The molecule has 0 bridgehead atoms. The van der Waals surface area contributed by atoms with Crippen molar-refractivity contribution in [2.75, 3.05) is 26.2 Å². The Morgan fingerprint density at radius 2 is 2.17 bits per heavy atom. The number of rotatable bonds is 5. The number of hydrogen-bond acceptors (Lipinski definition) is 3. The lowest BCUT2D eigenvalue weighted by Gasteiger charge is -2.15. The summed E-state index contributed by atoms with van der Waals surface area (Å²) < 4.78 is 5.63. The average Bonchev–Trinajstić information content (AvgIpc) is 2.75. The van der Waals surface area contributed by atoms with Crippen molar-refractivity contribution >= 4 is 23.2 Å². The highest BCUT2D eigenvalue weighted by molar-refractivity contribution is 6.42. The minimum atomic E-state index is 0.348. The van der Waals surface area contributed by atoms with Crippen molar-refractivity contribution < 1.29 is 4.74 Å².